The molecule has 0 saturated carbocycles. The second kappa shape index (κ2) is 6.88. The minimum Gasteiger partial charge on any atom is -0.506 e. The van der Waals surface area contributed by atoms with Gasteiger partial charge in [0.05, 0.1) is 10.7 Å². The van der Waals surface area contributed by atoms with E-state index in [9.17, 15) is 5.11 Å². The first-order chi connectivity index (χ1) is 11.5. The van der Waals surface area contributed by atoms with Crippen LogP contribution in [0, 0.1) is 11.7 Å². The van der Waals surface area contributed by atoms with Crippen LogP contribution >= 0.6 is 39.7 Å². The molecule has 3 rings (SSSR count). The standard InChI is InChI=1S/C16H12BrClN4OS/c1-9-3-2-4-10(5-9)15-20-21-16(24)22(15)19-8-11-6-12(18)7-13(17)14(11)23/h2-8,23H,1H3,(H,21,24). The fourth-order valence-electron chi connectivity index (χ4n) is 2.17. The molecule has 2 aromatic carbocycles. The summed E-state index contributed by atoms with van der Waals surface area (Å²) in [7, 11) is 0. The maximum Gasteiger partial charge on any atom is 0.216 e. The Bertz CT molecular complexity index is 996. The van der Waals surface area contributed by atoms with Crippen molar-refractivity contribution < 1.29 is 5.11 Å². The van der Waals surface area contributed by atoms with Gasteiger partial charge >= 0.3 is 0 Å². The highest BCUT2D eigenvalue weighted by Crippen LogP contribution is 2.30. The van der Waals surface area contributed by atoms with Crippen LogP contribution < -0.4 is 0 Å². The van der Waals surface area contributed by atoms with Crippen molar-refractivity contribution >= 4 is 46.0 Å². The van der Waals surface area contributed by atoms with Gasteiger partial charge < -0.3 is 5.11 Å². The molecule has 0 aliphatic heterocycles. The van der Waals surface area contributed by atoms with Crippen molar-refractivity contribution in [3.63, 3.8) is 0 Å². The Balaban J connectivity index is 2.06. The molecule has 2 N–H and O–H groups in total. The quantitative estimate of drug-likeness (QED) is 0.464. The molecular formula is C16H12BrClN4OS. The Hall–Kier alpha value is -1.96. The molecule has 8 heteroatoms. The number of aryl methyl sites for hydroxylation is 1. The van der Waals surface area contributed by atoms with Gasteiger partial charge in [0.15, 0.2) is 5.82 Å². The number of hydrogen-bond acceptors (Lipinski definition) is 4. The average Bonchev–Trinajstić information content (AvgIpc) is 2.90. The van der Waals surface area contributed by atoms with Crippen LogP contribution in [0.4, 0.5) is 0 Å². The summed E-state index contributed by atoms with van der Waals surface area (Å²) in [6.45, 7) is 2.00. The molecule has 0 atom stereocenters. The van der Waals surface area contributed by atoms with Gasteiger partial charge in [0.1, 0.15) is 5.75 Å². The number of aromatic hydroxyl groups is 1. The van der Waals surface area contributed by atoms with Crippen molar-refractivity contribution in [1.29, 1.82) is 0 Å². The lowest BCUT2D eigenvalue weighted by molar-refractivity contribution is 0.471. The number of halogens is 2. The van der Waals surface area contributed by atoms with Gasteiger partial charge in [-0.25, -0.2) is 5.10 Å². The molecule has 1 aromatic heterocycles. The van der Waals surface area contributed by atoms with E-state index in [0.29, 0.717) is 25.7 Å². The van der Waals surface area contributed by atoms with E-state index < -0.39 is 0 Å². The minimum absolute atomic E-state index is 0.0512. The van der Waals surface area contributed by atoms with Crippen LogP contribution in [0.5, 0.6) is 5.75 Å². The van der Waals surface area contributed by atoms with Crippen LogP contribution in [-0.2, 0) is 0 Å². The Morgan fingerprint density at radius 1 is 1.38 bits per heavy atom. The number of nitrogens with zero attached hydrogens (tertiary/aromatic N) is 3. The first-order valence-electron chi connectivity index (χ1n) is 6.92. The zero-order valence-corrected chi connectivity index (χ0v) is 15.7. The van der Waals surface area contributed by atoms with Gasteiger partial charge in [-0.15, -0.1) is 0 Å². The van der Waals surface area contributed by atoms with Gasteiger partial charge in [-0.05, 0) is 53.3 Å². The number of hydrogen-bond donors (Lipinski definition) is 2. The van der Waals surface area contributed by atoms with E-state index in [2.05, 4.69) is 31.2 Å². The topological polar surface area (TPSA) is 66.2 Å². The molecule has 0 saturated heterocycles. The summed E-state index contributed by atoms with van der Waals surface area (Å²) >= 11 is 14.5. The molecule has 5 nitrogen and oxygen atoms in total. The number of phenols is 1. The van der Waals surface area contributed by atoms with Crippen LogP contribution in [-0.4, -0.2) is 26.2 Å². The third kappa shape index (κ3) is 3.43. The van der Waals surface area contributed by atoms with Crippen LogP contribution in [0.15, 0.2) is 46.0 Å². The average molecular weight is 424 g/mol. The number of aromatic nitrogens is 3. The molecule has 0 unspecified atom stereocenters. The number of benzene rings is 2. The number of H-pyrrole nitrogens is 1. The smallest absolute Gasteiger partial charge is 0.216 e. The molecule has 0 bridgehead atoms. The molecule has 1 heterocycles. The molecule has 0 spiro atoms. The van der Waals surface area contributed by atoms with Crippen LogP contribution in [0.1, 0.15) is 11.1 Å². The van der Waals surface area contributed by atoms with Gasteiger partial charge in [0.2, 0.25) is 4.77 Å². The summed E-state index contributed by atoms with van der Waals surface area (Å²) in [5, 5.41) is 21.9. The second-order valence-electron chi connectivity index (χ2n) is 5.10. The van der Waals surface area contributed by atoms with Gasteiger partial charge in [-0.3, -0.25) is 0 Å². The minimum atomic E-state index is 0.0512. The van der Waals surface area contributed by atoms with E-state index >= 15 is 0 Å². The second-order valence-corrected chi connectivity index (χ2v) is 6.78. The van der Waals surface area contributed by atoms with Crippen LogP contribution in [0.25, 0.3) is 11.4 Å². The summed E-state index contributed by atoms with van der Waals surface area (Å²) < 4.78 is 2.34. The monoisotopic (exact) mass is 422 g/mol. The SMILES string of the molecule is Cc1cccc(-c2n[nH]c(=S)n2N=Cc2cc(Cl)cc(Br)c2O)c1. The first kappa shape index (κ1) is 16.9. The number of phenolic OH excluding ortho intramolecular Hbond substituents is 1. The van der Waals surface area contributed by atoms with E-state index in [4.69, 9.17) is 23.8 Å². The number of aromatic amines is 1. The Morgan fingerprint density at radius 3 is 2.92 bits per heavy atom. The summed E-state index contributed by atoms with van der Waals surface area (Å²) in [4.78, 5) is 0. The van der Waals surface area contributed by atoms with Crippen molar-refractivity contribution in [3.05, 3.63) is 61.8 Å². The lowest BCUT2D eigenvalue weighted by Gasteiger charge is -2.04. The summed E-state index contributed by atoms with van der Waals surface area (Å²) in [5.74, 6) is 0.635. The Kier molecular flexibility index (Phi) is 4.84. The first-order valence-corrected chi connectivity index (χ1v) is 8.50. The Morgan fingerprint density at radius 2 is 2.17 bits per heavy atom. The molecule has 0 aliphatic carbocycles. The molecule has 0 radical (unpaired) electrons. The molecular weight excluding hydrogens is 412 g/mol. The van der Waals surface area contributed by atoms with Gasteiger partial charge in [-0.1, -0.05) is 35.4 Å². The highest BCUT2D eigenvalue weighted by molar-refractivity contribution is 9.10. The molecule has 0 aliphatic rings. The third-order valence-electron chi connectivity index (χ3n) is 3.30. The normalized spacial score (nSPS) is 11.3. The van der Waals surface area contributed by atoms with E-state index in [1.807, 2.05) is 31.2 Å². The van der Waals surface area contributed by atoms with E-state index in [1.165, 1.54) is 10.9 Å². The molecule has 3 aromatic rings. The fraction of sp³-hybridized carbons (Fsp3) is 0.0625. The van der Waals surface area contributed by atoms with E-state index in [1.54, 1.807) is 12.1 Å². The van der Waals surface area contributed by atoms with Crippen molar-refractivity contribution in [3.8, 4) is 17.1 Å². The molecule has 24 heavy (non-hydrogen) atoms. The summed E-state index contributed by atoms with van der Waals surface area (Å²) in [6.07, 6.45) is 1.48. The predicted octanol–water partition coefficient (Wildman–Crippen LogP) is 4.92. The summed E-state index contributed by atoms with van der Waals surface area (Å²) in [6, 6.07) is 11.1. The van der Waals surface area contributed by atoms with E-state index in [-0.39, 0.29) is 5.75 Å². The van der Waals surface area contributed by atoms with Crippen molar-refractivity contribution in [1.82, 2.24) is 14.9 Å². The largest absolute Gasteiger partial charge is 0.506 e. The molecule has 0 amide bonds. The molecule has 0 fully saturated rings. The highest BCUT2D eigenvalue weighted by atomic mass is 79.9. The summed E-state index contributed by atoms with van der Waals surface area (Å²) in [5.41, 5.74) is 2.46. The predicted molar refractivity (Wildman–Crippen MR) is 101 cm³/mol. The van der Waals surface area contributed by atoms with Gasteiger partial charge in [0, 0.05) is 16.1 Å². The van der Waals surface area contributed by atoms with E-state index in [0.717, 1.165) is 11.1 Å². The van der Waals surface area contributed by atoms with Crippen molar-refractivity contribution in [2.24, 2.45) is 5.10 Å². The van der Waals surface area contributed by atoms with Crippen LogP contribution in [0.3, 0.4) is 0 Å². The molecule has 122 valence electrons. The fourth-order valence-corrected chi connectivity index (χ4v) is 3.19. The van der Waals surface area contributed by atoms with Crippen molar-refractivity contribution in [2.75, 3.05) is 0 Å². The highest BCUT2D eigenvalue weighted by Gasteiger charge is 2.09. The number of rotatable bonds is 3. The van der Waals surface area contributed by atoms with Gasteiger partial charge in [-0.2, -0.15) is 14.9 Å². The maximum atomic E-state index is 10.1. The maximum absolute atomic E-state index is 10.1. The lowest BCUT2D eigenvalue weighted by atomic mass is 10.1. The Labute approximate surface area is 156 Å². The third-order valence-corrected chi connectivity index (χ3v) is 4.38. The van der Waals surface area contributed by atoms with Gasteiger partial charge in [0.25, 0.3) is 0 Å². The lowest BCUT2D eigenvalue weighted by Crippen LogP contribution is -1.95. The van der Waals surface area contributed by atoms with Crippen LogP contribution in [0.2, 0.25) is 5.02 Å². The number of nitrogens with one attached hydrogen (secondary N) is 1. The zero-order chi connectivity index (χ0) is 17.3. The zero-order valence-electron chi connectivity index (χ0n) is 12.5. The van der Waals surface area contributed by atoms with Crippen molar-refractivity contribution in [2.45, 2.75) is 6.92 Å².